The Labute approximate surface area is 94.1 Å². The highest BCUT2D eigenvalue weighted by atomic mass is 14.6. The normalized spacial score (nSPS) is 51.5. The Hall–Kier alpha value is -0.260. The zero-order valence-electron chi connectivity index (χ0n) is 10.6. The molecule has 0 heteroatoms. The molecule has 4 atom stereocenters. The second kappa shape index (κ2) is 2.70. The fourth-order valence-electron chi connectivity index (χ4n) is 4.35. The molecule has 0 aromatic carbocycles. The van der Waals surface area contributed by atoms with Crippen molar-refractivity contribution in [1.82, 2.24) is 0 Å². The van der Waals surface area contributed by atoms with Crippen LogP contribution in [0.5, 0.6) is 0 Å². The van der Waals surface area contributed by atoms with Gasteiger partial charge in [0.15, 0.2) is 0 Å². The second-order valence-corrected chi connectivity index (χ2v) is 7.37. The van der Waals surface area contributed by atoms with Gasteiger partial charge in [0, 0.05) is 0 Å². The van der Waals surface area contributed by atoms with Crippen LogP contribution in [0.25, 0.3) is 0 Å². The van der Waals surface area contributed by atoms with Crippen molar-refractivity contribution in [3.63, 3.8) is 0 Å². The lowest BCUT2D eigenvalue weighted by Crippen LogP contribution is -2.19. The van der Waals surface area contributed by atoms with Gasteiger partial charge in [-0.2, -0.15) is 0 Å². The standard InChI is InChI=1S/C15H24/c1-10-5-6-13-12(10)9-14(2,3)7-11-8-15(11,13)4/h6,10-12H,5,7-9H2,1-4H3/t10-,11-,12?,15+/m0/s1. The molecule has 0 nitrogen and oxygen atoms in total. The van der Waals surface area contributed by atoms with Crippen molar-refractivity contribution < 1.29 is 0 Å². The zero-order chi connectivity index (χ0) is 10.8. The van der Waals surface area contributed by atoms with E-state index < -0.39 is 0 Å². The Balaban J connectivity index is 1.98. The largest absolute Gasteiger partial charge is 0.0842 e. The van der Waals surface area contributed by atoms with Crippen molar-refractivity contribution >= 4 is 0 Å². The summed E-state index contributed by atoms with van der Waals surface area (Å²) < 4.78 is 0. The lowest BCUT2D eigenvalue weighted by atomic mass is 9.75. The molecule has 3 rings (SSSR count). The van der Waals surface area contributed by atoms with Crippen molar-refractivity contribution in [1.29, 1.82) is 0 Å². The second-order valence-electron chi connectivity index (χ2n) is 7.37. The van der Waals surface area contributed by atoms with Crippen LogP contribution in [0, 0.1) is 28.6 Å². The molecule has 0 aromatic rings. The third-order valence-corrected chi connectivity index (χ3v) is 5.44. The molecule has 3 aliphatic rings. The van der Waals surface area contributed by atoms with Gasteiger partial charge in [-0.3, -0.25) is 0 Å². The maximum Gasteiger partial charge on any atom is -0.00818 e. The van der Waals surface area contributed by atoms with E-state index in [1.807, 2.05) is 5.57 Å². The fraction of sp³-hybridized carbons (Fsp3) is 0.867. The van der Waals surface area contributed by atoms with Crippen molar-refractivity contribution in [3.8, 4) is 0 Å². The molecule has 0 spiro atoms. The predicted molar refractivity (Wildman–Crippen MR) is 64.6 cm³/mol. The van der Waals surface area contributed by atoms with Gasteiger partial charge in [-0.15, -0.1) is 0 Å². The van der Waals surface area contributed by atoms with E-state index in [-0.39, 0.29) is 0 Å². The SMILES string of the molecule is C[C@H]1CC=C2C1CC(C)(C)C[C@H]1C[C@@]21C. The topological polar surface area (TPSA) is 0 Å². The third-order valence-electron chi connectivity index (χ3n) is 5.44. The summed E-state index contributed by atoms with van der Waals surface area (Å²) in [4.78, 5) is 0. The first-order valence-electron chi connectivity index (χ1n) is 6.63. The van der Waals surface area contributed by atoms with Crippen molar-refractivity contribution in [3.05, 3.63) is 11.6 Å². The van der Waals surface area contributed by atoms with Crippen LogP contribution < -0.4 is 0 Å². The lowest BCUT2D eigenvalue weighted by molar-refractivity contribution is 0.237. The number of fused-ring (bicyclic) bond motifs is 3. The summed E-state index contributed by atoms with van der Waals surface area (Å²) >= 11 is 0. The third kappa shape index (κ3) is 1.33. The predicted octanol–water partition coefficient (Wildman–Crippen LogP) is 4.42. The van der Waals surface area contributed by atoms with Crippen LogP contribution in [0.4, 0.5) is 0 Å². The number of allylic oxidation sites excluding steroid dienone is 2. The van der Waals surface area contributed by atoms with Crippen LogP contribution in [0.1, 0.15) is 53.4 Å². The van der Waals surface area contributed by atoms with Crippen LogP contribution in [0.15, 0.2) is 11.6 Å². The molecule has 1 unspecified atom stereocenters. The molecule has 15 heavy (non-hydrogen) atoms. The molecule has 0 saturated heterocycles. The minimum Gasteiger partial charge on any atom is -0.0842 e. The quantitative estimate of drug-likeness (QED) is 0.513. The van der Waals surface area contributed by atoms with Gasteiger partial charge >= 0.3 is 0 Å². The molecular formula is C15H24. The van der Waals surface area contributed by atoms with Crippen LogP contribution >= 0.6 is 0 Å². The highest BCUT2D eigenvalue weighted by molar-refractivity contribution is 5.32. The summed E-state index contributed by atoms with van der Waals surface area (Å²) in [6.07, 6.45) is 8.32. The maximum atomic E-state index is 2.59. The average Bonchev–Trinajstić information content (AvgIpc) is 2.59. The number of hydrogen-bond acceptors (Lipinski definition) is 0. The molecule has 0 aromatic heterocycles. The average molecular weight is 204 g/mol. The summed E-state index contributed by atoms with van der Waals surface area (Å²) in [6.45, 7) is 9.95. The summed E-state index contributed by atoms with van der Waals surface area (Å²) in [5.41, 5.74) is 3.07. The van der Waals surface area contributed by atoms with Crippen LogP contribution in [0.3, 0.4) is 0 Å². The first-order valence-corrected chi connectivity index (χ1v) is 6.63. The molecule has 0 N–H and O–H groups in total. The van der Waals surface area contributed by atoms with E-state index in [0.717, 1.165) is 17.8 Å². The molecule has 0 bridgehead atoms. The van der Waals surface area contributed by atoms with E-state index >= 15 is 0 Å². The summed E-state index contributed by atoms with van der Waals surface area (Å²) in [5, 5.41) is 0. The maximum absolute atomic E-state index is 2.59. The zero-order valence-corrected chi connectivity index (χ0v) is 10.6. The molecule has 84 valence electrons. The van der Waals surface area contributed by atoms with Gasteiger partial charge in [-0.25, -0.2) is 0 Å². The summed E-state index contributed by atoms with van der Waals surface area (Å²) in [5.74, 6) is 2.84. The van der Waals surface area contributed by atoms with Crippen molar-refractivity contribution in [2.24, 2.45) is 28.6 Å². The number of rotatable bonds is 0. The Morgan fingerprint density at radius 1 is 1.13 bits per heavy atom. The van der Waals surface area contributed by atoms with Gasteiger partial charge in [-0.1, -0.05) is 39.3 Å². The van der Waals surface area contributed by atoms with E-state index in [9.17, 15) is 0 Å². The molecule has 0 radical (unpaired) electrons. The molecule has 2 saturated carbocycles. The lowest BCUT2D eigenvalue weighted by Gasteiger charge is -2.30. The Morgan fingerprint density at radius 2 is 1.87 bits per heavy atom. The van der Waals surface area contributed by atoms with Gasteiger partial charge in [0.05, 0.1) is 0 Å². The summed E-state index contributed by atoms with van der Waals surface area (Å²) in [6, 6.07) is 0. The fourth-order valence-corrected chi connectivity index (χ4v) is 4.35. The smallest absolute Gasteiger partial charge is 0.00818 e. The van der Waals surface area contributed by atoms with Gasteiger partial charge in [0.2, 0.25) is 0 Å². The highest BCUT2D eigenvalue weighted by Crippen LogP contribution is 2.68. The molecule has 0 heterocycles. The Morgan fingerprint density at radius 3 is 2.60 bits per heavy atom. The number of hydrogen-bond donors (Lipinski definition) is 0. The van der Waals surface area contributed by atoms with Crippen LogP contribution in [-0.4, -0.2) is 0 Å². The van der Waals surface area contributed by atoms with Crippen LogP contribution in [0.2, 0.25) is 0 Å². The van der Waals surface area contributed by atoms with E-state index in [4.69, 9.17) is 0 Å². The van der Waals surface area contributed by atoms with Gasteiger partial charge < -0.3 is 0 Å². The first-order chi connectivity index (χ1) is 6.92. The van der Waals surface area contributed by atoms with E-state index in [1.165, 1.54) is 25.7 Å². The summed E-state index contributed by atoms with van der Waals surface area (Å²) in [7, 11) is 0. The van der Waals surface area contributed by atoms with Crippen molar-refractivity contribution in [2.75, 3.05) is 0 Å². The Kier molecular flexibility index (Phi) is 1.79. The van der Waals surface area contributed by atoms with E-state index in [0.29, 0.717) is 10.8 Å². The molecular weight excluding hydrogens is 180 g/mol. The van der Waals surface area contributed by atoms with E-state index in [2.05, 4.69) is 33.8 Å². The monoisotopic (exact) mass is 204 g/mol. The van der Waals surface area contributed by atoms with Crippen molar-refractivity contribution in [2.45, 2.75) is 53.4 Å². The van der Waals surface area contributed by atoms with Gasteiger partial charge in [-0.05, 0) is 54.3 Å². The highest BCUT2D eigenvalue weighted by Gasteiger charge is 2.58. The van der Waals surface area contributed by atoms with E-state index in [1.54, 1.807) is 0 Å². The minimum absolute atomic E-state index is 0.585. The van der Waals surface area contributed by atoms with Crippen LogP contribution in [-0.2, 0) is 0 Å². The Bertz CT molecular complexity index is 323. The molecule has 0 amide bonds. The molecule has 2 fully saturated rings. The molecule has 0 aliphatic heterocycles. The van der Waals surface area contributed by atoms with Gasteiger partial charge in [0.1, 0.15) is 0 Å². The van der Waals surface area contributed by atoms with Gasteiger partial charge in [0.25, 0.3) is 0 Å². The molecule has 3 aliphatic carbocycles. The first kappa shape index (κ1) is 9.93. The minimum atomic E-state index is 0.585.